The molecule has 0 amide bonds. The van der Waals surface area contributed by atoms with Crippen molar-refractivity contribution in [2.45, 2.75) is 45.2 Å². The summed E-state index contributed by atoms with van der Waals surface area (Å²) in [6.45, 7) is 6.02. The van der Waals surface area contributed by atoms with Gasteiger partial charge in [-0.25, -0.2) is 9.97 Å². The largest absolute Gasteiger partial charge is 0.387 e. The SMILES string of the molecule is Cc1cnc(SCCCCC(C)(C)C(=N)N)nc1. The molecular weight excluding hydrogens is 244 g/mol. The van der Waals surface area contributed by atoms with Crippen molar-refractivity contribution in [3.8, 4) is 0 Å². The normalized spacial score (nSPS) is 11.5. The fourth-order valence-electron chi connectivity index (χ4n) is 1.42. The third kappa shape index (κ3) is 5.04. The standard InChI is InChI=1S/C13H22N4S/c1-10-8-16-12(17-9-10)18-7-5-4-6-13(2,3)11(14)15/h8-9H,4-7H2,1-3H3,(H3,14,15). The fraction of sp³-hybridized carbons (Fsp3) is 0.615. The van der Waals surface area contributed by atoms with E-state index in [0.717, 1.165) is 35.7 Å². The predicted octanol–water partition coefficient (Wildman–Crippen LogP) is 3.01. The van der Waals surface area contributed by atoms with Crippen molar-refractivity contribution in [2.75, 3.05) is 5.75 Å². The summed E-state index contributed by atoms with van der Waals surface area (Å²) in [6.07, 6.45) is 6.81. The molecule has 3 N–H and O–H groups in total. The third-order valence-electron chi connectivity index (χ3n) is 2.91. The van der Waals surface area contributed by atoms with Crippen LogP contribution < -0.4 is 5.73 Å². The second kappa shape index (κ2) is 6.73. The van der Waals surface area contributed by atoms with Gasteiger partial charge in [0.05, 0.1) is 5.84 Å². The van der Waals surface area contributed by atoms with Crippen molar-refractivity contribution >= 4 is 17.6 Å². The van der Waals surface area contributed by atoms with Gasteiger partial charge in [-0.3, -0.25) is 5.41 Å². The Kier molecular flexibility index (Phi) is 5.59. The number of aromatic nitrogens is 2. The first-order chi connectivity index (χ1) is 8.42. The monoisotopic (exact) mass is 266 g/mol. The first-order valence-electron chi connectivity index (χ1n) is 6.18. The Hall–Kier alpha value is -1.10. The first-order valence-corrected chi connectivity index (χ1v) is 7.16. The maximum Gasteiger partial charge on any atom is 0.187 e. The Morgan fingerprint density at radius 3 is 2.50 bits per heavy atom. The van der Waals surface area contributed by atoms with Crippen LogP contribution in [0.1, 0.15) is 38.7 Å². The summed E-state index contributed by atoms with van der Waals surface area (Å²) < 4.78 is 0. The molecule has 0 bridgehead atoms. The van der Waals surface area contributed by atoms with Crippen LogP contribution in [0.25, 0.3) is 0 Å². The summed E-state index contributed by atoms with van der Waals surface area (Å²) in [7, 11) is 0. The van der Waals surface area contributed by atoms with Gasteiger partial charge in [0.15, 0.2) is 5.16 Å². The average Bonchev–Trinajstić information content (AvgIpc) is 2.31. The highest BCUT2D eigenvalue weighted by atomic mass is 32.2. The van der Waals surface area contributed by atoms with Crippen LogP contribution in [0.15, 0.2) is 17.6 Å². The summed E-state index contributed by atoms with van der Waals surface area (Å²) in [5, 5.41) is 8.32. The molecule has 18 heavy (non-hydrogen) atoms. The molecule has 0 spiro atoms. The lowest BCUT2D eigenvalue weighted by atomic mass is 9.86. The minimum Gasteiger partial charge on any atom is -0.387 e. The summed E-state index contributed by atoms with van der Waals surface area (Å²) >= 11 is 1.68. The van der Waals surface area contributed by atoms with Gasteiger partial charge in [0.1, 0.15) is 0 Å². The van der Waals surface area contributed by atoms with Crippen LogP contribution in [0.5, 0.6) is 0 Å². The van der Waals surface area contributed by atoms with Gasteiger partial charge in [-0.05, 0) is 25.3 Å². The van der Waals surface area contributed by atoms with Gasteiger partial charge in [-0.15, -0.1) is 0 Å². The maximum atomic E-state index is 7.48. The van der Waals surface area contributed by atoms with Crippen molar-refractivity contribution in [1.82, 2.24) is 9.97 Å². The second-order valence-electron chi connectivity index (χ2n) is 5.15. The Balaban J connectivity index is 2.20. The molecule has 1 aromatic rings. The number of nitrogens with one attached hydrogen (secondary N) is 1. The summed E-state index contributed by atoms with van der Waals surface area (Å²) in [4.78, 5) is 8.50. The number of rotatable bonds is 7. The molecule has 0 aliphatic carbocycles. The van der Waals surface area contributed by atoms with Gasteiger partial charge >= 0.3 is 0 Å². The number of hydrogen-bond acceptors (Lipinski definition) is 4. The van der Waals surface area contributed by atoms with Crippen LogP contribution in [-0.2, 0) is 0 Å². The summed E-state index contributed by atoms with van der Waals surface area (Å²) in [6, 6.07) is 0. The van der Waals surface area contributed by atoms with Crippen LogP contribution in [0.2, 0.25) is 0 Å². The highest BCUT2D eigenvalue weighted by Crippen LogP contribution is 2.24. The van der Waals surface area contributed by atoms with E-state index in [2.05, 4.69) is 9.97 Å². The van der Waals surface area contributed by atoms with Crippen molar-refractivity contribution in [2.24, 2.45) is 11.1 Å². The number of unbranched alkanes of at least 4 members (excludes halogenated alkanes) is 1. The number of thioether (sulfide) groups is 1. The van der Waals surface area contributed by atoms with Crippen molar-refractivity contribution in [3.05, 3.63) is 18.0 Å². The van der Waals surface area contributed by atoms with Gasteiger partial charge in [-0.2, -0.15) is 0 Å². The lowest BCUT2D eigenvalue weighted by Gasteiger charge is -2.22. The average molecular weight is 266 g/mol. The topological polar surface area (TPSA) is 75.7 Å². The lowest BCUT2D eigenvalue weighted by Crippen LogP contribution is -2.30. The van der Waals surface area contributed by atoms with Crippen molar-refractivity contribution < 1.29 is 0 Å². The van der Waals surface area contributed by atoms with E-state index in [0.29, 0.717) is 0 Å². The van der Waals surface area contributed by atoms with Crippen molar-refractivity contribution in [1.29, 1.82) is 5.41 Å². The molecule has 0 atom stereocenters. The zero-order chi connectivity index (χ0) is 13.6. The van der Waals surface area contributed by atoms with Crippen LogP contribution in [0.3, 0.4) is 0 Å². The van der Waals surface area contributed by atoms with E-state index < -0.39 is 0 Å². The number of hydrogen-bond donors (Lipinski definition) is 2. The van der Waals surface area contributed by atoms with Crippen LogP contribution in [0.4, 0.5) is 0 Å². The highest BCUT2D eigenvalue weighted by Gasteiger charge is 2.20. The Labute approximate surface area is 113 Å². The molecule has 0 radical (unpaired) electrons. The number of amidine groups is 1. The smallest absolute Gasteiger partial charge is 0.187 e. The molecule has 100 valence electrons. The molecule has 1 heterocycles. The van der Waals surface area contributed by atoms with Crippen LogP contribution in [-0.4, -0.2) is 21.6 Å². The lowest BCUT2D eigenvalue weighted by molar-refractivity contribution is 0.448. The third-order valence-corrected chi connectivity index (χ3v) is 3.88. The number of nitrogens with two attached hydrogens (primary N) is 1. The Morgan fingerprint density at radius 1 is 1.33 bits per heavy atom. The van der Waals surface area contributed by atoms with E-state index in [9.17, 15) is 0 Å². The molecular formula is C13H22N4S. The van der Waals surface area contributed by atoms with Gasteiger partial charge in [0.2, 0.25) is 0 Å². The molecule has 4 nitrogen and oxygen atoms in total. The summed E-state index contributed by atoms with van der Waals surface area (Å²) in [5.41, 5.74) is 6.46. The van der Waals surface area contributed by atoms with E-state index in [1.54, 1.807) is 11.8 Å². The van der Waals surface area contributed by atoms with Crippen molar-refractivity contribution in [3.63, 3.8) is 0 Å². The molecule has 0 unspecified atom stereocenters. The Morgan fingerprint density at radius 2 is 1.94 bits per heavy atom. The number of aryl methyl sites for hydroxylation is 1. The van der Waals surface area contributed by atoms with E-state index in [4.69, 9.17) is 11.1 Å². The molecule has 0 aromatic carbocycles. The van der Waals surface area contributed by atoms with Crippen LogP contribution >= 0.6 is 11.8 Å². The maximum absolute atomic E-state index is 7.48. The summed E-state index contributed by atoms with van der Waals surface area (Å²) in [5.74, 6) is 1.29. The van der Waals surface area contributed by atoms with E-state index in [-0.39, 0.29) is 11.3 Å². The minimum atomic E-state index is -0.176. The number of nitrogens with zero attached hydrogens (tertiary/aromatic N) is 2. The van der Waals surface area contributed by atoms with E-state index in [1.165, 1.54) is 0 Å². The highest BCUT2D eigenvalue weighted by molar-refractivity contribution is 7.99. The minimum absolute atomic E-state index is 0.176. The molecule has 0 aliphatic rings. The molecule has 0 aliphatic heterocycles. The molecule has 0 saturated heterocycles. The van der Waals surface area contributed by atoms with Gasteiger partial charge < -0.3 is 5.73 Å². The van der Waals surface area contributed by atoms with E-state index >= 15 is 0 Å². The van der Waals surface area contributed by atoms with E-state index in [1.807, 2.05) is 33.2 Å². The zero-order valence-corrected chi connectivity index (χ0v) is 12.2. The predicted molar refractivity (Wildman–Crippen MR) is 77.0 cm³/mol. The molecule has 5 heteroatoms. The first kappa shape index (κ1) is 15.0. The molecule has 0 saturated carbocycles. The molecule has 0 fully saturated rings. The quantitative estimate of drug-likeness (QED) is 0.261. The van der Waals surface area contributed by atoms with Gasteiger partial charge in [0.25, 0.3) is 0 Å². The Bertz CT molecular complexity index is 386. The molecule has 1 rings (SSSR count). The fourth-order valence-corrected chi connectivity index (χ4v) is 2.21. The van der Waals surface area contributed by atoms with Gasteiger partial charge in [0, 0.05) is 23.6 Å². The second-order valence-corrected chi connectivity index (χ2v) is 6.21. The molecule has 1 aromatic heterocycles. The van der Waals surface area contributed by atoms with Crippen LogP contribution in [0, 0.1) is 17.7 Å². The van der Waals surface area contributed by atoms with Gasteiger partial charge in [-0.1, -0.05) is 32.0 Å². The zero-order valence-electron chi connectivity index (χ0n) is 11.4.